The van der Waals surface area contributed by atoms with E-state index in [2.05, 4.69) is 164 Å². The van der Waals surface area contributed by atoms with Crippen LogP contribution in [0.5, 0.6) is 0 Å². The molecule has 6 heteroatoms. The molecule has 4 aromatic rings. The fourth-order valence-electron chi connectivity index (χ4n) is 5.70. The molecule has 0 aliphatic carbocycles. The molecule has 0 unspecified atom stereocenters. The van der Waals surface area contributed by atoms with Crippen molar-refractivity contribution in [2.45, 2.75) is 92.9 Å². The standard InChI is InChI=1S/C37H47N2P2.C4H10O.Li/c1-26(2)32-22-16-23-33(27(3)4)36(32)38-40(30-18-12-10-13-19-30)41(9,31-20-14-11-15-21-31)39-37-34(28(5)6)24-17-25-35(37)29(7)8;1-3-5-4-2;/h10-29H,1-9H3;3-4H2,1-2H3;/q-1;;+1/p+1/t40-,41-;;/m1../s1. The summed E-state index contributed by atoms with van der Waals surface area (Å²) in [5.41, 5.74) is 7.93. The van der Waals surface area contributed by atoms with Gasteiger partial charge in [0.15, 0.2) is 0 Å². The van der Waals surface area contributed by atoms with E-state index >= 15 is 0 Å². The van der Waals surface area contributed by atoms with E-state index in [1.54, 1.807) is 0 Å². The number of nitrogens with zero attached hydrogens (tertiary/aromatic N) is 1. The molecule has 0 aliphatic rings. The van der Waals surface area contributed by atoms with Crippen molar-refractivity contribution in [3.05, 3.63) is 124 Å². The Balaban J connectivity index is 0.00000119. The van der Waals surface area contributed by atoms with E-state index in [0.29, 0.717) is 23.7 Å². The molecule has 0 saturated carbocycles. The van der Waals surface area contributed by atoms with Gasteiger partial charge in [-0.15, -0.1) is 5.69 Å². The van der Waals surface area contributed by atoms with Gasteiger partial charge in [-0.05, 0) is 55.0 Å². The summed E-state index contributed by atoms with van der Waals surface area (Å²) in [4.78, 5) is 0. The molecule has 0 saturated heterocycles. The van der Waals surface area contributed by atoms with Gasteiger partial charge in [0.2, 0.25) is 5.69 Å². The fourth-order valence-corrected chi connectivity index (χ4v) is 13.4. The van der Waals surface area contributed by atoms with Crippen LogP contribution in [0.4, 0.5) is 11.4 Å². The van der Waals surface area contributed by atoms with E-state index in [0.717, 1.165) is 13.2 Å². The molecular formula is C41H58LiN2OP2+. The Morgan fingerprint density at radius 1 is 0.596 bits per heavy atom. The van der Waals surface area contributed by atoms with Crippen molar-refractivity contribution in [1.82, 2.24) is 0 Å². The summed E-state index contributed by atoms with van der Waals surface area (Å²) in [5.74, 6) is 1.61. The van der Waals surface area contributed by atoms with Crippen molar-refractivity contribution in [1.29, 1.82) is 0 Å². The minimum atomic E-state index is -2.13. The minimum absolute atomic E-state index is 0. The molecule has 3 nitrogen and oxygen atoms in total. The zero-order chi connectivity index (χ0) is 33.9. The van der Waals surface area contributed by atoms with Crippen LogP contribution < -0.4 is 34.2 Å². The Labute approximate surface area is 300 Å². The summed E-state index contributed by atoms with van der Waals surface area (Å²) in [5, 5.41) is 8.59. The van der Waals surface area contributed by atoms with Gasteiger partial charge in [0.25, 0.3) is 0 Å². The number of ether oxygens (including phenoxy) is 1. The number of hydrogen-bond acceptors (Lipinski definition) is 1. The first-order chi connectivity index (χ1) is 22.0. The van der Waals surface area contributed by atoms with Crippen LogP contribution >= 0.6 is 14.5 Å². The van der Waals surface area contributed by atoms with Crippen LogP contribution in [0.2, 0.25) is 0 Å². The van der Waals surface area contributed by atoms with E-state index in [1.165, 1.54) is 44.2 Å². The molecule has 0 spiro atoms. The average molecular weight is 664 g/mol. The first-order valence-electron chi connectivity index (χ1n) is 17.1. The molecule has 0 fully saturated rings. The van der Waals surface area contributed by atoms with Crippen LogP contribution in [0.25, 0.3) is 5.09 Å². The van der Waals surface area contributed by atoms with Gasteiger partial charge in [0.05, 0.1) is 0 Å². The van der Waals surface area contributed by atoms with Crippen molar-refractivity contribution in [2.75, 3.05) is 19.9 Å². The Morgan fingerprint density at radius 2 is 1.00 bits per heavy atom. The van der Waals surface area contributed by atoms with Gasteiger partial charge < -0.3 is 9.82 Å². The maximum absolute atomic E-state index is 5.92. The summed E-state index contributed by atoms with van der Waals surface area (Å²) >= 11 is 0. The maximum atomic E-state index is 5.92. The maximum Gasteiger partial charge on any atom is 1.00 e. The van der Waals surface area contributed by atoms with Gasteiger partial charge in [-0.1, -0.05) is 159 Å². The summed E-state index contributed by atoms with van der Waals surface area (Å²) in [6.07, 6.45) is 0. The van der Waals surface area contributed by atoms with Crippen LogP contribution in [-0.4, -0.2) is 19.9 Å². The third-order valence-electron chi connectivity index (χ3n) is 8.27. The van der Waals surface area contributed by atoms with Crippen molar-refractivity contribution in [2.24, 2.45) is 0 Å². The van der Waals surface area contributed by atoms with Gasteiger partial charge in [0, 0.05) is 36.3 Å². The quantitative estimate of drug-likeness (QED) is 0.120. The van der Waals surface area contributed by atoms with Crippen molar-refractivity contribution < 1.29 is 28.3 Å². The van der Waals surface area contributed by atoms with Crippen molar-refractivity contribution in [3.63, 3.8) is 0 Å². The summed E-state index contributed by atoms with van der Waals surface area (Å²) in [6.45, 7) is 24.4. The fraction of sp³-hybridized carbons (Fsp3) is 0.415. The summed E-state index contributed by atoms with van der Waals surface area (Å²) in [6, 6.07) is 35.8. The van der Waals surface area contributed by atoms with Crippen molar-refractivity contribution in [3.8, 4) is 0 Å². The van der Waals surface area contributed by atoms with Crippen molar-refractivity contribution >= 4 is 36.5 Å². The Hall–Kier alpha value is -2.10. The smallest absolute Gasteiger partial charge is 0.648 e. The molecule has 47 heavy (non-hydrogen) atoms. The van der Waals surface area contributed by atoms with E-state index in [4.69, 9.17) is 9.82 Å². The van der Waals surface area contributed by atoms with E-state index in [-0.39, 0.29) is 18.9 Å². The van der Waals surface area contributed by atoms with Gasteiger partial charge in [-0.25, -0.2) is 4.74 Å². The van der Waals surface area contributed by atoms with Gasteiger partial charge in [-0.2, -0.15) is 0 Å². The second kappa shape index (κ2) is 19.8. The molecule has 0 amide bonds. The van der Waals surface area contributed by atoms with E-state index in [9.17, 15) is 0 Å². The molecule has 0 aromatic heterocycles. The number of nitrogens with one attached hydrogen (secondary N) is 1. The first-order valence-corrected chi connectivity index (χ1v) is 21.3. The van der Waals surface area contributed by atoms with Crippen LogP contribution in [0.3, 0.4) is 0 Å². The molecule has 0 bridgehead atoms. The Bertz CT molecular complexity index is 1500. The third kappa shape index (κ3) is 10.7. The molecular weight excluding hydrogens is 605 g/mol. The van der Waals surface area contributed by atoms with Crippen LogP contribution in [0, 0.1) is 0 Å². The molecule has 0 heterocycles. The monoisotopic (exact) mass is 663 g/mol. The zero-order valence-corrected chi connectivity index (χ0v) is 33.0. The largest absolute Gasteiger partial charge is 1.00 e. The predicted molar refractivity (Wildman–Crippen MR) is 207 cm³/mol. The molecule has 0 aliphatic heterocycles. The van der Waals surface area contributed by atoms with Crippen LogP contribution in [-0.2, 0) is 4.74 Å². The van der Waals surface area contributed by atoms with Gasteiger partial charge in [-0.3, -0.25) is 0 Å². The second-order valence-corrected chi connectivity index (χ2v) is 20.6. The minimum Gasteiger partial charge on any atom is -0.648 e. The number of rotatable bonds is 12. The second-order valence-electron chi connectivity index (χ2n) is 13.1. The van der Waals surface area contributed by atoms with Gasteiger partial charge >= 0.3 is 18.9 Å². The molecule has 1 N–H and O–H groups in total. The number of hydrogen-bond donors (Lipinski definition) is 1. The SMILES string of the molecule is CC(C)c1cccc(C(C)C)c1[N-][P@@](c1ccccc1)[P@@](C)(=[NH+]c1c(C(C)C)cccc1C(C)C)c1ccccc1.CCOCC.[Li+]. The van der Waals surface area contributed by atoms with E-state index in [1.807, 2.05) is 13.8 Å². The molecule has 248 valence electrons. The van der Waals surface area contributed by atoms with E-state index < -0.39 is 14.5 Å². The third-order valence-corrected chi connectivity index (χ3v) is 16.4. The predicted octanol–water partition coefficient (Wildman–Crippen LogP) is 8.44. The van der Waals surface area contributed by atoms with Crippen LogP contribution in [0.15, 0.2) is 97.1 Å². The van der Waals surface area contributed by atoms with Crippen LogP contribution in [0.1, 0.15) is 115 Å². The normalized spacial score (nSPS) is 13.1. The molecule has 4 aromatic carbocycles. The topological polar surface area (TPSA) is 37.3 Å². The Morgan fingerprint density at radius 3 is 1.38 bits per heavy atom. The molecule has 4 rings (SSSR count). The Kier molecular flexibility index (Phi) is 17.3. The summed E-state index contributed by atoms with van der Waals surface area (Å²) in [7, 11) is -0.998. The molecule has 0 radical (unpaired) electrons. The molecule has 2 atom stereocenters. The van der Waals surface area contributed by atoms with Gasteiger partial charge in [0.1, 0.15) is 6.74 Å². The number of benzene rings is 4. The first kappa shape index (κ1) is 41.1. The summed E-state index contributed by atoms with van der Waals surface area (Å²) < 4.78 is 9.17. The zero-order valence-electron chi connectivity index (χ0n) is 31.2. The average Bonchev–Trinajstić information content (AvgIpc) is 3.04. The number of para-hydroxylation sites is 1.